The van der Waals surface area contributed by atoms with Gasteiger partial charge in [-0.1, -0.05) is 88.8 Å². The van der Waals surface area contributed by atoms with Crippen LogP contribution < -0.4 is 15.1 Å². The zero-order chi connectivity index (χ0) is 30.6. The number of hydrogen-bond donors (Lipinski definition) is 1. The Balaban J connectivity index is 1.47. The van der Waals surface area contributed by atoms with Crippen LogP contribution in [0.2, 0.25) is 10.0 Å². The van der Waals surface area contributed by atoms with E-state index in [4.69, 9.17) is 23.2 Å². The van der Waals surface area contributed by atoms with Gasteiger partial charge in [-0.05, 0) is 35.9 Å². The van der Waals surface area contributed by atoms with Crippen molar-refractivity contribution < 1.29 is 27.6 Å². The largest absolute Gasteiger partial charge is 0.418 e. The lowest BCUT2D eigenvalue weighted by atomic mass is 9.83. The highest BCUT2D eigenvalue weighted by molar-refractivity contribution is 8.00. The Hall–Kier alpha value is -3.58. The average Bonchev–Trinajstić information content (AvgIpc) is 3.41. The van der Waals surface area contributed by atoms with Gasteiger partial charge in [0.1, 0.15) is 11.8 Å². The van der Waals surface area contributed by atoms with Crippen LogP contribution in [0.1, 0.15) is 21.9 Å². The normalized spacial score (nSPS) is 19.7. The van der Waals surface area contributed by atoms with E-state index in [9.17, 15) is 32.3 Å². The quantitative estimate of drug-likeness (QED) is 0.241. The molecule has 3 heterocycles. The standard InChI is InChI=1S/C29H18Cl2F3N3O4S2/c30-17-11-6-9-15(22(17)31)20-21-23(26(40)37(25(21)39)18-12-5-4-10-16(18)29(32,33)34)42-27-24(20)43-28(41)36(27)13-19(38)35-14-7-2-1-3-8-14/h1-12,20-21,23H,13H2,(H,35,38)/t20-,21-,23+/m0/s1. The number of rotatable bonds is 5. The van der Waals surface area contributed by atoms with Crippen molar-refractivity contribution in [1.29, 1.82) is 0 Å². The number of thioether (sulfide) groups is 1. The highest BCUT2D eigenvalue weighted by atomic mass is 35.5. The molecule has 6 rings (SSSR count). The number of benzene rings is 3. The first kappa shape index (κ1) is 29.5. The summed E-state index contributed by atoms with van der Waals surface area (Å²) in [5.41, 5.74) is -0.877. The number of alkyl halides is 3. The van der Waals surface area contributed by atoms with Crippen molar-refractivity contribution in [2.24, 2.45) is 5.92 Å². The number of fused-ring (bicyclic) bond motifs is 2. The first-order valence-corrected chi connectivity index (χ1v) is 15.2. The number of hydrogen-bond acceptors (Lipinski definition) is 6. The van der Waals surface area contributed by atoms with Gasteiger partial charge in [-0.3, -0.25) is 23.7 Å². The van der Waals surface area contributed by atoms with E-state index < -0.39 is 63.7 Å². The predicted octanol–water partition coefficient (Wildman–Crippen LogP) is 6.67. The molecule has 2 aliphatic rings. The number of para-hydroxylation sites is 2. The minimum Gasteiger partial charge on any atom is -0.325 e. The molecule has 43 heavy (non-hydrogen) atoms. The van der Waals surface area contributed by atoms with Gasteiger partial charge in [0.25, 0.3) is 0 Å². The Morgan fingerprint density at radius 3 is 2.33 bits per heavy atom. The number of amides is 3. The Bertz CT molecular complexity index is 1840. The Morgan fingerprint density at radius 1 is 0.907 bits per heavy atom. The van der Waals surface area contributed by atoms with Crippen LogP contribution in [0.3, 0.4) is 0 Å². The summed E-state index contributed by atoms with van der Waals surface area (Å²) in [6.45, 7) is -0.400. The van der Waals surface area contributed by atoms with Crippen molar-refractivity contribution in [3.05, 3.63) is 109 Å². The van der Waals surface area contributed by atoms with Crippen molar-refractivity contribution in [1.82, 2.24) is 4.57 Å². The molecule has 0 spiro atoms. The van der Waals surface area contributed by atoms with Crippen LogP contribution in [-0.2, 0) is 27.1 Å². The summed E-state index contributed by atoms with van der Waals surface area (Å²) in [5.74, 6) is -4.44. The minimum absolute atomic E-state index is 0.0781. The highest BCUT2D eigenvalue weighted by Gasteiger charge is 2.58. The van der Waals surface area contributed by atoms with E-state index in [2.05, 4.69) is 5.32 Å². The van der Waals surface area contributed by atoms with Crippen LogP contribution in [0.25, 0.3) is 0 Å². The maximum absolute atomic E-state index is 14.0. The van der Waals surface area contributed by atoms with E-state index in [1.54, 1.807) is 42.5 Å². The lowest BCUT2D eigenvalue weighted by molar-refractivity contribution is -0.137. The third-order valence-corrected chi connectivity index (χ3v) is 10.6. The van der Waals surface area contributed by atoms with E-state index in [0.717, 1.165) is 35.2 Å². The molecule has 0 aliphatic carbocycles. The van der Waals surface area contributed by atoms with Gasteiger partial charge >= 0.3 is 11.0 Å². The summed E-state index contributed by atoms with van der Waals surface area (Å²) < 4.78 is 43.0. The predicted molar refractivity (Wildman–Crippen MR) is 159 cm³/mol. The average molecular weight is 665 g/mol. The monoisotopic (exact) mass is 663 g/mol. The highest BCUT2D eigenvalue weighted by Crippen LogP contribution is 2.55. The number of nitrogens with zero attached hydrogens (tertiary/aromatic N) is 2. The van der Waals surface area contributed by atoms with Gasteiger partial charge in [-0.2, -0.15) is 13.2 Å². The molecule has 220 valence electrons. The van der Waals surface area contributed by atoms with Gasteiger partial charge < -0.3 is 5.32 Å². The second-order valence-electron chi connectivity index (χ2n) is 9.75. The number of thiazole rings is 1. The number of carbonyl (C=O) groups is 3. The summed E-state index contributed by atoms with van der Waals surface area (Å²) in [6, 6.07) is 17.7. The molecule has 1 aromatic heterocycles. The molecule has 4 aromatic rings. The molecule has 1 fully saturated rings. The summed E-state index contributed by atoms with van der Waals surface area (Å²) >= 11 is 14.6. The second kappa shape index (κ2) is 11.2. The van der Waals surface area contributed by atoms with Gasteiger partial charge in [0.05, 0.1) is 32.2 Å². The van der Waals surface area contributed by atoms with Crippen LogP contribution in [-0.4, -0.2) is 27.5 Å². The second-order valence-corrected chi connectivity index (χ2v) is 12.7. The maximum Gasteiger partial charge on any atom is 0.418 e. The van der Waals surface area contributed by atoms with E-state index in [1.807, 2.05) is 0 Å². The van der Waals surface area contributed by atoms with Crippen molar-refractivity contribution in [2.45, 2.75) is 28.9 Å². The van der Waals surface area contributed by atoms with Crippen molar-refractivity contribution in [2.75, 3.05) is 10.2 Å². The summed E-state index contributed by atoms with van der Waals surface area (Å²) in [6.07, 6.45) is -4.83. The molecule has 14 heteroatoms. The number of aromatic nitrogens is 1. The van der Waals surface area contributed by atoms with Crippen LogP contribution in [0.4, 0.5) is 24.5 Å². The molecule has 3 amide bonds. The molecule has 2 aliphatic heterocycles. The molecule has 0 bridgehead atoms. The van der Waals surface area contributed by atoms with E-state index in [-0.39, 0.29) is 15.1 Å². The zero-order valence-corrected chi connectivity index (χ0v) is 24.7. The van der Waals surface area contributed by atoms with E-state index in [0.29, 0.717) is 21.0 Å². The molecular weight excluding hydrogens is 646 g/mol. The molecule has 0 unspecified atom stereocenters. The lowest BCUT2D eigenvalue weighted by Crippen LogP contribution is -2.33. The van der Waals surface area contributed by atoms with Gasteiger partial charge in [-0.25, -0.2) is 4.90 Å². The van der Waals surface area contributed by atoms with E-state index >= 15 is 0 Å². The minimum atomic E-state index is -4.83. The molecule has 7 nitrogen and oxygen atoms in total. The number of imide groups is 1. The maximum atomic E-state index is 14.0. The molecule has 0 radical (unpaired) electrons. The fraction of sp³-hybridized carbons (Fsp3) is 0.172. The molecule has 3 atom stereocenters. The third kappa shape index (κ3) is 5.16. The first-order chi connectivity index (χ1) is 20.5. The SMILES string of the molecule is O=C(Cn1c2c(sc1=O)[C@@H](c1cccc(Cl)c1Cl)[C@@H]1C(=O)N(c3ccccc3C(F)(F)F)C(=O)[C@@H]1S2)Nc1ccccc1. The molecule has 0 saturated carbocycles. The number of anilines is 2. The fourth-order valence-corrected chi connectivity index (χ4v) is 8.55. The Morgan fingerprint density at radius 2 is 1.60 bits per heavy atom. The van der Waals surface area contributed by atoms with Crippen molar-refractivity contribution in [3.8, 4) is 0 Å². The van der Waals surface area contributed by atoms with Crippen LogP contribution in [0.5, 0.6) is 0 Å². The topological polar surface area (TPSA) is 88.5 Å². The Labute approximate surface area is 260 Å². The Kier molecular flexibility index (Phi) is 7.66. The molecule has 1 saturated heterocycles. The fourth-order valence-electron chi connectivity index (χ4n) is 5.36. The molecular formula is C29H18Cl2F3N3O4S2. The third-order valence-electron chi connectivity index (χ3n) is 7.18. The number of halogens is 5. The lowest BCUT2D eigenvalue weighted by Gasteiger charge is -2.31. The smallest absolute Gasteiger partial charge is 0.325 e. The van der Waals surface area contributed by atoms with Gasteiger partial charge in [-0.15, -0.1) is 0 Å². The van der Waals surface area contributed by atoms with Gasteiger partial charge in [0, 0.05) is 16.5 Å². The summed E-state index contributed by atoms with van der Waals surface area (Å²) in [7, 11) is 0. The van der Waals surface area contributed by atoms with Crippen LogP contribution in [0.15, 0.2) is 82.6 Å². The number of nitrogens with one attached hydrogen (secondary N) is 1. The van der Waals surface area contributed by atoms with Crippen molar-refractivity contribution in [3.63, 3.8) is 0 Å². The van der Waals surface area contributed by atoms with Crippen LogP contribution >= 0.6 is 46.3 Å². The zero-order valence-electron chi connectivity index (χ0n) is 21.6. The number of carbonyl (C=O) groups excluding carboxylic acids is 3. The molecule has 3 aromatic carbocycles. The summed E-state index contributed by atoms with van der Waals surface area (Å²) in [5, 5.41) is 1.99. The first-order valence-electron chi connectivity index (χ1n) is 12.7. The van der Waals surface area contributed by atoms with Gasteiger partial charge in [0.15, 0.2) is 0 Å². The van der Waals surface area contributed by atoms with Crippen LogP contribution in [0, 0.1) is 5.92 Å². The molecule has 1 N–H and O–H groups in total. The van der Waals surface area contributed by atoms with Gasteiger partial charge in [0.2, 0.25) is 17.7 Å². The van der Waals surface area contributed by atoms with Crippen molar-refractivity contribution >= 4 is 75.4 Å². The van der Waals surface area contributed by atoms with E-state index in [1.165, 1.54) is 22.8 Å². The summed E-state index contributed by atoms with van der Waals surface area (Å²) in [4.78, 5) is 54.5.